The second-order valence-corrected chi connectivity index (χ2v) is 6.77. The third-order valence-electron chi connectivity index (χ3n) is 3.33. The van der Waals surface area contributed by atoms with Gasteiger partial charge in [0.2, 0.25) is 0 Å². The molecule has 0 bridgehead atoms. The molecule has 0 saturated carbocycles. The summed E-state index contributed by atoms with van der Waals surface area (Å²) in [5.41, 5.74) is -1.40. The summed E-state index contributed by atoms with van der Waals surface area (Å²) in [6.07, 6.45) is 4.22. The summed E-state index contributed by atoms with van der Waals surface area (Å²) < 4.78 is 10.5. The molecule has 0 spiro atoms. The highest BCUT2D eigenvalue weighted by Gasteiger charge is 2.35. The predicted molar refractivity (Wildman–Crippen MR) is 92.4 cm³/mol. The highest BCUT2D eigenvalue weighted by Crippen LogP contribution is 2.20. The normalized spacial score (nSPS) is 13.8. The lowest BCUT2D eigenvalue weighted by Crippen LogP contribution is -2.41. The summed E-state index contributed by atoms with van der Waals surface area (Å²) in [6, 6.07) is 4.10. The average Bonchev–Trinajstić information content (AvgIpc) is 3.03. The van der Waals surface area contributed by atoms with Crippen molar-refractivity contribution >= 4 is 33.2 Å². The van der Waals surface area contributed by atoms with E-state index in [1.54, 1.807) is 18.3 Å². The van der Waals surface area contributed by atoms with Crippen LogP contribution < -0.4 is 0 Å². The molecule has 0 radical (unpaired) electrons. The lowest BCUT2D eigenvalue weighted by molar-refractivity contribution is -0.163. The molecule has 6 heteroatoms. The highest BCUT2D eigenvalue weighted by molar-refractivity contribution is 9.09. The lowest BCUT2D eigenvalue weighted by Gasteiger charge is -2.23. The van der Waals surface area contributed by atoms with Crippen molar-refractivity contribution in [2.45, 2.75) is 51.2 Å². The molecule has 1 unspecified atom stereocenters. The molecule has 0 saturated heterocycles. The summed E-state index contributed by atoms with van der Waals surface area (Å²) in [5, 5.41) is 12.5. The molecule has 4 nitrogen and oxygen atoms in total. The van der Waals surface area contributed by atoms with E-state index < -0.39 is 11.6 Å². The van der Waals surface area contributed by atoms with Crippen LogP contribution in [0.5, 0.6) is 0 Å². The van der Waals surface area contributed by atoms with Gasteiger partial charge in [0.15, 0.2) is 5.60 Å². The van der Waals surface area contributed by atoms with Gasteiger partial charge in [0.05, 0.1) is 13.2 Å². The number of esters is 1. The molecule has 0 fully saturated rings. The van der Waals surface area contributed by atoms with E-state index >= 15 is 0 Å². The molecule has 0 aromatic carbocycles. The number of alkyl halides is 1. The monoisotopic (exact) mass is 392 g/mol. The molecule has 1 atom stereocenters. The first-order chi connectivity index (χ1) is 10.6. The van der Waals surface area contributed by atoms with Crippen molar-refractivity contribution in [1.82, 2.24) is 0 Å². The Hall–Kier alpha value is -0.430. The molecule has 0 aliphatic carbocycles. The molecule has 22 heavy (non-hydrogen) atoms. The Kier molecular flexibility index (Phi) is 9.95. The van der Waals surface area contributed by atoms with E-state index in [1.807, 2.05) is 11.4 Å². The third kappa shape index (κ3) is 7.22. The van der Waals surface area contributed by atoms with Crippen molar-refractivity contribution in [3.05, 3.63) is 22.4 Å². The maximum atomic E-state index is 11.7. The topological polar surface area (TPSA) is 55.8 Å². The fraction of sp³-hybridized carbons (Fsp3) is 0.688. The van der Waals surface area contributed by atoms with Crippen molar-refractivity contribution in [3.8, 4) is 0 Å². The number of hydrogen-bond acceptors (Lipinski definition) is 5. The molecular weight excluding hydrogens is 368 g/mol. The average molecular weight is 393 g/mol. The van der Waals surface area contributed by atoms with E-state index in [-0.39, 0.29) is 11.9 Å². The van der Waals surface area contributed by atoms with Gasteiger partial charge in [-0.1, -0.05) is 34.8 Å². The second-order valence-electron chi connectivity index (χ2n) is 5.18. The number of thiophene rings is 1. The maximum absolute atomic E-state index is 11.7. The van der Waals surface area contributed by atoms with Gasteiger partial charge in [0, 0.05) is 16.8 Å². The highest BCUT2D eigenvalue weighted by atomic mass is 79.9. The van der Waals surface area contributed by atoms with Crippen LogP contribution in [0.4, 0.5) is 0 Å². The van der Waals surface area contributed by atoms with Gasteiger partial charge >= 0.3 is 5.97 Å². The van der Waals surface area contributed by atoms with Crippen LogP contribution in [0.3, 0.4) is 0 Å². The number of ether oxygens (including phenoxy) is 2. The molecule has 0 aliphatic heterocycles. The Morgan fingerprint density at radius 1 is 1.36 bits per heavy atom. The SMILES string of the molecule is CCOC(=O)C(O)(CBr)CCCCCCOCc1cccs1. The van der Waals surface area contributed by atoms with E-state index in [1.165, 1.54) is 4.88 Å². The fourth-order valence-corrected chi connectivity index (χ4v) is 3.18. The van der Waals surface area contributed by atoms with E-state index in [0.717, 1.165) is 32.3 Å². The van der Waals surface area contributed by atoms with Crippen LogP contribution in [-0.4, -0.2) is 35.2 Å². The molecular formula is C16H25BrO4S. The number of aliphatic hydroxyl groups is 1. The molecule has 0 aliphatic rings. The van der Waals surface area contributed by atoms with Crippen LogP contribution in [0.25, 0.3) is 0 Å². The van der Waals surface area contributed by atoms with Crippen LogP contribution in [-0.2, 0) is 20.9 Å². The number of rotatable bonds is 12. The van der Waals surface area contributed by atoms with Crippen molar-refractivity contribution in [2.75, 3.05) is 18.5 Å². The third-order valence-corrected chi connectivity index (χ3v) is 5.11. The molecule has 126 valence electrons. The van der Waals surface area contributed by atoms with E-state index in [4.69, 9.17) is 9.47 Å². The Labute approximate surface area is 145 Å². The number of halogens is 1. The van der Waals surface area contributed by atoms with Gasteiger partial charge in [-0.15, -0.1) is 11.3 Å². The molecule has 1 aromatic rings. The summed E-state index contributed by atoms with van der Waals surface area (Å²) in [4.78, 5) is 12.9. The molecule has 1 aromatic heterocycles. The zero-order valence-electron chi connectivity index (χ0n) is 13.1. The summed E-state index contributed by atoms with van der Waals surface area (Å²) in [7, 11) is 0. The van der Waals surface area contributed by atoms with Crippen molar-refractivity contribution in [2.24, 2.45) is 0 Å². The smallest absolute Gasteiger partial charge is 0.338 e. The zero-order chi connectivity index (χ0) is 16.3. The van der Waals surface area contributed by atoms with E-state index in [0.29, 0.717) is 13.0 Å². The number of hydrogen-bond donors (Lipinski definition) is 1. The van der Waals surface area contributed by atoms with Crippen LogP contribution in [0, 0.1) is 0 Å². The van der Waals surface area contributed by atoms with Gasteiger partial charge in [-0.25, -0.2) is 4.79 Å². The fourth-order valence-electron chi connectivity index (χ4n) is 2.03. The van der Waals surface area contributed by atoms with E-state index in [2.05, 4.69) is 22.0 Å². The minimum atomic E-state index is -1.40. The minimum Gasteiger partial charge on any atom is -0.464 e. The standard InChI is InChI=1S/C16H25BrO4S/c1-2-21-15(18)16(19,13-17)9-5-3-4-6-10-20-12-14-8-7-11-22-14/h7-8,11,19H,2-6,9-10,12-13H2,1H3. The quantitative estimate of drug-likeness (QED) is 0.332. The molecule has 1 rings (SSSR count). The first-order valence-corrected chi connectivity index (χ1v) is 9.68. The number of carbonyl (C=O) groups excluding carboxylic acids is 1. The minimum absolute atomic E-state index is 0.211. The van der Waals surface area contributed by atoms with Crippen LogP contribution in [0.1, 0.15) is 43.9 Å². The van der Waals surface area contributed by atoms with Gasteiger partial charge in [-0.3, -0.25) is 0 Å². The van der Waals surface area contributed by atoms with Gasteiger partial charge in [0.25, 0.3) is 0 Å². The first kappa shape index (κ1) is 19.6. The van der Waals surface area contributed by atoms with E-state index in [9.17, 15) is 9.90 Å². The molecule has 1 N–H and O–H groups in total. The zero-order valence-corrected chi connectivity index (χ0v) is 15.5. The Balaban J connectivity index is 2.05. The Morgan fingerprint density at radius 3 is 2.77 bits per heavy atom. The first-order valence-electron chi connectivity index (χ1n) is 7.68. The van der Waals surface area contributed by atoms with Gasteiger partial charge < -0.3 is 14.6 Å². The molecule has 0 amide bonds. The van der Waals surface area contributed by atoms with Crippen molar-refractivity contribution in [1.29, 1.82) is 0 Å². The predicted octanol–water partition coefficient (Wildman–Crippen LogP) is 3.90. The Bertz CT molecular complexity index is 410. The van der Waals surface area contributed by atoms with Crippen LogP contribution >= 0.6 is 27.3 Å². The summed E-state index contributed by atoms with van der Waals surface area (Å²) in [5.74, 6) is -0.536. The Morgan fingerprint density at radius 2 is 2.14 bits per heavy atom. The van der Waals surface area contributed by atoms with Crippen LogP contribution in [0.2, 0.25) is 0 Å². The maximum Gasteiger partial charge on any atom is 0.338 e. The number of carbonyl (C=O) groups is 1. The molecule has 1 heterocycles. The van der Waals surface area contributed by atoms with Gasteiger partial charge in [-0.2, -0.15) is 0 Å². The summed E-state index contributed by atoms with van der Waals surface area (Å²) >= 11 is 4.90. The largest absolute Gasteiger partial charge is 0.464 e. The lowest BCUT2D eigenvalue weighted by atomic mass is 9.98. The second kappa shape index (κ2) is 11.2. The van der Waals surface area contributed by atoms with Gasteiger partial charge in [0.1, 0.15) is 0 Å². The number of unbranched alkanes of at least 4 members (excludes halogenated alkanes) is 3. The van der Waals surface area contributed by atoms with Crippen molar-refractivity contribution in [3.63, 3.8) is 0 Å². The summed E-state index contributed by atoms with van der Waals surface area (Å²) in [6.45, 7) is 3.46. The van der Waals surface area contributed by atoms with Crippen LogP contribution in [0.15, 0.2) is 17.5 Å². The van der Waals surface area contributed by atoms with Crippen molar-refractivity contribution < 1.29 is 19.4 Å². The van der Waals surface area contributed by atoms with Gasteiger partial charge in [-0.05, 0) is 37.6 Å².